The average molecular weight is 352 g/mol. The number of aromatic carboxylic acids is 1. The van der Waals surface area contributed by atoms with Crippen LogP contribution < -0.4 is 4.90 Å². The molecule has 0 unspecified atom stereocenters. The first-order valence-electron chi connectivity index (χ1n) is 7.90. The number of carboxylic acids is 1. The van der Waals surface area contributed by atoms with E-state index in [1.54, 1.807) is 17.0 Å². The maximum absolute atomic E-state index is 12.1. The van der Waals surface area contributed by atoms with Crippen LogP contribution in [0, 0.1) is 0 Å². The first-order valence-corrected chi connectivity index (χ1v) is 8.54. The number of piperazine rings is 1. The van der Waals surface area contributed by atoms with Gasteiger partial charge in [-0.3, -0.25) is 0 Å². The molecule has 1 aromatic rings. The summed E-state index contributed by atoms with van der Waals surface area (Å²) in [6.45, 7) is 7.89. The largest absolute Gasteiger partial charge is 0.478 e. The smallest absolute Gasteiger partial charge is 0.410 e. The summed E-state index contributed by atoms with van der Waals surface area (Å²) in [6, 6.07) is 5.25. The summed E-state index contributed by atoms with van der Waals surface area (Å²) >= 11 is 4.24. The number of carbonyl (C=O) groups is 2. The molecule has 0 atom stereocenters. The topological polar surface area (TPSA) is 70.1 Å². The van der Waals surface area contributed by atoms with Gasteiger partial charge in [0, 0.05) is 37.6 Å². The Morgan fingerprint density at radius 1 is 1.17 bits per heavy atom. The van der Waals surface area contributed by atoms with Crippen molar-refractivity contribution in [3.63, 3.8) is 0 Å². The Bertz CT molecular complexity index is 620. The fraction of sp³-hybridized carbons (Fsp3) is 0.529. The molecule has 24 heavy (non-hydrogen) atoms. The van der Waals surface area contributed by atoms with E-state index in [9.17, 15) is 14.7 Å². The van der Waals surface area contributed by atoms with Crippen LogP contribution in [-0.4, -0.2) is 53.8 Å². The summed E-state index contributed by atoms with van der Waals surface area (Å²) in [5.41, 5.74) is 1.46. The van der Waals surface area contributed by atoms with Gasteiger partial charge in [0.2, 0.25) is 0 Å². The first-order chi connectivity index (χ1) is 11.2. The minimum atomic E-state index is -0.952. The van der Waals surface area contributed by atoms with Gasteiger partial charge in [-0.1, -0.05) is 0 Å². The van der Waals surface area contributed by atoms with Gasteiger partial charge in [0.15, 0.2) is 0 Å². The molecule has 132 valence electrons. The predicted molar refractivity (Wildman–Crippen MR) is 96.1 cm³/mol. The minimum absolute atomic E-state index is 0.256. The lowest BCUT2D eigenvalue weighted by molar-refractivity contribution is 0.0240. The van der Waals surface area contributed by atoms with Crippen molar-refractivity contribution in [2.45, 2.75) is 32.1 Å². The Hall–Kier alpha value is -1.89. The molecular weight excluding hydrogens is 328 g/mol. The van der Waals surface area contributed by atoms with Gasteiger partial charge < -0.3 is 19.6 Å². The number of benzene rings is 1. The van der Waals surface area contributed by atoms with Crippen molar-refractivity contribution in [1.29, 1.82) is 0 Å². The van der Waals surface area contributed by atoms with Gasteiger partial charge in [-0.2, -0.15) is 12.6 Å². The Morgan fingerprint density at radius 3 is 2.29 bits per heavy atom. The van der Waals surface area contributed by atoms with Gasteiger partial charge in [-0.25, -0.2) is 9.59 Å². The molecule has 1 aromatic carbocycles. The van der Waals surface area contributed by atoms with E-state index < -0.39 is 11.6 Å². The third-order valence-corrected chi connectivity index (χ3v) is 4.07. The van der Waals surface area contributed by atoms with Crippen LogP contribution in [0.15, 0.2) is 18.2 Å². The molecule has 1 N–H and O–H groups in total. The second-order valence-electron chi connectivity index (χ2n) is 6.81. The van der Waals surface area contributed by atoms with E-state index in [0.29, 0.717) is 31.9 Å². The molecule has 7 heteroatoms. The average Bonchev–Trinajstić information content (AvgIpc) is 2.52. The highest BCUT2D eigenvalue weighted by atomic mass is 32.1. The molecule has 1 saturated heterocycles. The van der Waals surface area contributed by atoms with Crippen molar-refractivity contribution in [2.75, 3.05) is 31.1 Å². The van der Waals surface area contributed by atoms with Crippen LogP contribution in [0.4, 0.5) is 10.5 Å². The van der Waals surface area contributed by atoms with Crippen LogP contribution in [0.2, 0.25) is 0 Å². The third-order valence-electron chi connectivity index (χ3n) is 3.70. The van der Waals surface area contributed by atoms with E-state index in [1.807, 2.05) is 26.8 Å². The zero-order valence-corrected chi connectivity index (χ0v) is 15.2. The van der Waals surface area contributed by atoms with Crippen molar-refractivity contribution in [3.05, 3.63) is 29.3 Å². The molecular formula is C17H24N2O4S. The molecule has 1 aliphatic heterocycles. The lowest BCUT2D eigenvalue weighted by Crippen LogP contribution is -2.50. The fourth-order valence-electron chi connectivity index (χ4n) is 2.55. The lowest BCUT2D eigenvalue weighted by Gasteiger charge is -2.37. The molecule has 1 amide bonds. The van der Waals surface area contributed by atoms with E-state index in [-0.39, 0.29) is 11.7 Å². The second-order valence-corrected chi connectivity index (χ2v) is 7.12. The van der Waals surface area contributed by atoms with E-state index >= 15 is 0 Å². The zero-order valence-electron chi connectivity index (χ0n) is 14.3. The van der Waals surface area contributed by atoms with E-state index in [2.05, 4.69) is 17.5 Å². The number of carboxylic acid groups (broad SMARTS) is 1. The molecule has 0 aliphatic carbocycles. The molecule has 0 spiro atoms. The monoisotopic (exact) mass is 352 g/mol. The van der Waals surface area contributed by atoms with Gasteiger partial charge in [0.25, 0.3) is 0 Å². The SMILES string of the molecule is CC(C)(C)OC(=O)N1CCN(c2cc(CS)cc(C(=O)O)c2)CC1. The van der Waals surface area contributed by atoms with Crippen LogP contribution in [0.25, 0.3) is 0 Å². The summed E-state index contributed by atoms with van der Waals surface area (Å²) in [5, 5.41) is 9.24. The summed E-state index contributed by atoms with van der Waals surface area (Å²) in [6.07, 6.45) is -0.308. The maximum atomic E-state index is 12.1. The molecule has 1 heterocycles. The van der Waals surface area contributed by atoms with Crippen LogP contribution in [0.3, 0.4) is 0 Å². The second kappa shape index (κ2) is 7.34. The molecule has 0 saturated carbocycles. The Balaban J connectivity index is 2.05. The highest BCUT2D eigenvalue weighted by Gasteiger charge is 2.26. The van der Waals surface area contributed by atoms with Crippen molar-refractivity contribution >= 4 is 30.4 Å². The lowest BCUT2D eigenvalue weighted by atomic mass is 10.1. The van der Waals surface area contributed by atoms with Crippen LogP contribution in [-0.2, 0) is 10.5 Å². The summed E-state index contributed by atoms with van der Waals surface area (Å²) in [7, 11) is 0. The number of ether oxygens (including phenoxy) is 1. The van der Waals surface area contributed by atoms with Gasteiger partial charge >= 0.3 is 12.1 Å². The van der Waals surface area contributed by atoms with E-state index in [4.69, 9.17) is 4.74 Å². The quantitative estimate of drug-likeness (QED) is 0.819. The number of hydrogen-bond donors (Lipinski definition) is 2. The number of hydrogen-bond acceptors (Lipinski definition) is 5. The molecule has 0 bridgehead atoms. The van der Waals surface area contributed by atoms with Gasteiger partial charge in [-0.05, 0) is 44.5 Å². The van der Waals surface area contributed by atoms with E-state index in [0.717, 1.165) is 11.3 Å². The third kappa shape index (κ3) is 4.80. The number of carbonyl (C=O) groups excluding carboxylic acids is 1. The number of anilines is 1. The maximum Gasteiger partial charge on any atom is 0.410 e. The summed E-state index contributed by atoms with van der Waals surface area (Å²) in [5.74, 6) is -0.473. The molecule has 0 radical (unpaired) electrons. The van der Waals surface area contributed by atoms with Crippen molar-refractivity contribution in [1.82, 2.24) is 4.90 Å². The highest BCUT2D eigenvalue weighted by molar-refractivity contribution is 7.79. The Labute approximate surface area is 147 Å². The molecule has 0 aromatic heterocycles. The zero-order chi connectivity index (χ0) is 17.9. The number of nitrogens with zero attached hydrogens (tertiary/aromatic N) is 2. The molecule has 6 nitrogen and oxygen atoms in total. The van der Waals surface area contributed by atoms with Gasteiger partial charge in [0.1, 0.15) is 5.60 Å². The number of amides is 1. The molecule has 2 rings (SSSR count). The van der Waals surface area contributed by atoms with Crippen molar-refractivity contribution in [3.8, 4) is 0 Å². The Morgan fingerprint density at radius 2 is 1.79 bits per heavy atom. The summed E-state index contributed by atoms with van der Waals surface area (Å²) < 4.78 is 5.39. The van der Waals surface area contributed by atoms with Crippen LogP contribution >= 0.6 is 12.6 Å². The highest BCUT2D eigenvalue weighted by Crippen LogP contribution is 2.22. The summed E-state index contributed by atoms with van der Waals surface area (Å²) in [4.78, 5) is 27.1. The van der Waals surface area contributed by atoms with E-state index in [1.165, 1.54) is 0 Å². The first kappa shape index (κ1) is 18.4. The number of rotatable bonds is 3. The van der Waals surface area contributed by atoms with Crippen molar-refractivity contribution in [2.24, 2.45) is 0 Å². The standard InChI is InChI=1S/C17H24N2O4S/c1-17(2,3)23-16(22)19-6-4-18(5-7-19)14-9-12(11-24)8-13(10-14)15(20)21/h8-10,24H,4-7,11H2,1-3H3,(H,20,21). The predicted octanol–water partition coefficient (Wildman–Crippen LogP) is 2.87. The van der Waals surface area contributed by atoms with Crippen molar-refractivity contribution < 1.29 is 19.4 Å². The fourth-order valence-corrected chi connectivity index (χ4v) is 2.73. The van der Waals surface area contributed by atoms with Gasteiger partial charge in [0.05, 0.1) is 5.56 Å². The van der Waals surface area contributed by atoms with Gasteiger partial charge in [-0.15, -0.1) is 0 Å². The Kier molecular flexibility index (Phi) is 5.64. The van der Waals surface area contributed by atoms with Crippen LogP contribution in [0.5, 0.6) is 0 Å². The number of thiol groups is 1. The molecule has 1 aliphatic rings. The van der Waals surface area contributed by atoms with Crippen LogP contribution in [0.1, 0.15) is 36.7 Å². The normalized spacial score (nSPS) is 15.3. The minimum Gasteiger partial charge on any atom is -0.478 e. The molecule has 1 fully saturated rings.